The third-order valence-electron chi connectivity index (χ3n) is 2.82. The zero-order chi connectivity index (χ0) is 17.3. The van der Waals surface area contributed by atoms with Crippen molar-refractivity contribution in [2.24, 2.45) is 0 Å². The zero-order valence-corrected chi connectivity index (χ0v) is 13.4. The van der Waals surface area contributed by atoms with Gasteiger partial charge in [-0.1, -0.05) is 0 Å². The van der Waals surface area contributed by atoms with Crippen molar-refractivity contribution in [2.75, 3.05) is 0 Å². The minimum atomic E-state index is -4.45. The molecule has 126 valence electrons. The third kappa shape index (κ3) is 7.27. The lowest BCUT2D eigenvalue weighted by atomic mass is 10.2. The van der Waals surface area contributed by atoms with Crippen LogP contribution < -0.4 is 0 Å². The molecule has 0 bridgehead atoms. The molecule has 0 aliphatic carbocycles. The molecule has 7 heteroatoms. The van der Waals surface area contributed by atoms with E-state index < -0.39 is 11.9 Å². The number of alkyl halides is 3. The second-order valence-electron chi connectivity index (χ2n) is 4.79. The molecule has 0 aliphatic rings. The maximum atomic E-state index is 12.0. The largest absolute Gasteiger partial charge is 0.459 e. The van der Waals surface area contributed by atoms with Crippen molar-refractivity contribution < 1.29 is 27.2 Å². The molecule has 3 nitrogen and oxygen atoms in total. The van der Waals surface area contributed by atoms with Crippen molar-refractivity contribution in [1.82, 2.24) is 0 Å². The number of aldehydes is 2. The molecule has 2 rings (SSSR count). The summed E-state index contributed by atoms with van der Waals surface area (Å²) in [5.74, 6) is -1.02. The molecule has 23 heavy (non-hydrogen) atoms. The Labute approximate surface area is 136 Å². The van der Waals surface area contributed by atoms with Crippen molar-refractivity contribution in [3.05, 3.63) is 45.5 Å². The van der Waals surface area contributed by atoms with Gasteiger partial charge in [-0.05, 0) is 48.4 Å². The molecule has 0 N–H and O–H groups in total. The molecule has 2 heterocycles. The van der Waals surface area contributed by atoms with Crippen LogP contribution in [0.1, 0.15) is 34.6 Å². The summed E-state index contributed by atoms with van der Waals surface area (Å²) in [6, 6.07) is 3.04. The van der Waals surface area contributed by atoms with Crippen molar-refractivity contribution in [1.29, 1.82) is 0 Å². The molecule has 0 atom stereocenters. The molecule has 2 aromatic rings. The van der Waals surface area contributed by atoms with Gasteiger partial charge in [-0.15, -0.1) is 11.3 Å². The maximum Gasteiger partial charge on any atom is 0.449 e. The van der Waals surface area contributed by atoms with E-state index in [1.54, 1.807) is 11.3 Å². The fourth-order valence-electron chi connectivity index (χ4n) is 1.74. The normalized spacial score (nSPS) is 10.8. The Kier molecular flexibility index (Phi) is 7.74. The summed E-state index contributed by atoms with van der Waals surface area (Å²) in [5.41, 5.74) is 1.68. The highest BCUT2D eigenvalue weighted by atomic mass is 32.1. The fourth-order valence-corrected chi connectivity index (χ4v) is 2.48. The molecule has 0 unspecified atom stereocenters. The van der Waals surface area contributed by atoms with E-state index in [0.717, 1.165) is 25.0 Å². The van der Waals surface area contributed by atoms with Crippen LogP contribution in [0.5, 0.6) is 0 Å². The Morgan fingerprint density at radius 3 is 2.13 bits per heavy atom. The number of halogens is 3. The number of rotatable bonds is 6. The predicted octanol–water partition coefficient (Wildman–Crippen LogP) is 4.62. The Hall–Kier alpha value is -1.89. The van der Waals surface area contributed by atoms with Crippen LogP contribution in [0.3, 0.4) is 0 Å². The van der Waals surface area contributed by atoms with Crippen LogP contribution in [0.2, 0.25) is 0 Å². The first-order valence-corrected chi connectivity index (χ1v) is 7.80. The van der Waals surface area contributed by atoms with Gasteiger partial charge in [0.15, 0.2) is 0 Å². The molecule has 0 spiro atoms. The van der Waals surface area contributed by atoms with Crippen LogP contribution >= 0.6 is 11.3 Å². The summed E-state index contributed by atoms with van der Waals surface area (Å²) in [6.45, 7) is 2.08. The first-order chi connectivity index (χ1) is 10.9. The van der Waals surface area contributed by atoms with E-state index in [1.165, 1.54) is 10.4 Å². The maximum absolute atomic E-state index is 12.0. The van der Waals surface area contributed by atoms with Gasteiger partial charge in [-0.2, -0.15) is 13.2 Å². The van der Waals surface area contributed by atoms with Gasteiger partial charge in [0.2, 0.25) is 5.76 Å². The van der Waals surface area contributed by atoms with Crippen LogP contribution in [0.25, 0.3) is 0 Å². The van der Waals surface area contributed by atoms with E-state index in [0.29, 0.717) is 18.3 Å². The molecule has 0 amide bonds. The summed E-state index contributed by atoms with van der Waals surface area (Å²) in [4.78, 5) is 21.2. The van der Waals surface area contributed by atoms with Gasteiger partial charge in [-0.25, -0.2) is 0 Å². The number of hydrogen-bond donors (Lipinski definition) is 0. The van der Waals surface area contributed by atoms with E-state index in [2.05, 4.69) is 22.8 Å². The van der Waals surface area contributed by atoms with Crippen LogP contribution in [0.4, 0.5) is 13.2 Å². The number of thiophene rings is 1. The quantitative estimate of drug-likeness (QED) is 0.717. The van der Waals surface area contributed by atoms with Crippen LogP contribution in [-0.4, -0.2) is 12.6 Å². The Bertz CT molecular complexity index is 614. The van der Waals surface area contributed by atoms with Crippen LogP contribution in [0.15, 0.2) is 28.2 Å². The van der Waals surface area contributed by atoms with E-state index in [9.17, 15) is 22.8 Å². The molecule has 0 aromatic carbocycles. The fraction of sp³-hybridized carbons (Fsp3) is 0.375. The molecule has 0 radical (unpaired) electrons. The molecule has 2 aromatic heterocycles. The average Bonchev–Trinajstić information content (AvgIpc) is 3.12. The van der Waals surface area contributed by atoms with Crippen LogP contribution in [0, 0.1) is 6.92 Å². The van der Waals surface area contributed by atoms with Crippen molar-refractivity contribution >= 4 is 23.9 Å². The third-order valence-corrected chi connectivity index (χ3v) is 3.73. The summed E-state index contributed by atoms with van der Waals surface area (Å²) < 4.78 is 40.2. The first kappa shape index (κ1) is 19.2. The monoisotopic (exact) mass is 346 g/mol. The lowest BCUT2D eigenvalue weighted by molar-refractivity contribution is -0.153. The van der Waals surface area contributed by atoms with E-state index in [1.807, 2.05) is 0 Å². The van der Waals surface area contributed by atoms with Gasteiger partial charge in [0, 0.05) is 17.7 Å². The summed E-state index contributed by atoms with van der Waals surface area (Å²) in [5, 5.41) is 2.11. The SMILES string of the molecule is Cc1cc(CCC=O)cs1.O=CCCc1coc(C(F)(F)F)c1. The number of hydrogen-bond acceptors (Lipinski definition) is 4. The number of aryl methyl sites for hydroxylation is 3. The number of furan rings is 1. The van der Waals surface area contributed by atoms with Crippen LogP contribution in [-0.2, 0) is 28.6 Å². The van der Waals surface area contributed by atoms with E-state index in [-0.39, 0.29) is 12.8 Å². The summed E-state index contributed by atoms with van der Waals surface area (Å²) in [6.07, 6.45) is 0.225. The molecule has 0 saturated heterocycles. The predicted molar refractivity (Wildman–Crippen MR) is 81.5 cm³/mol. The van der Waals surface area contributed by atoms with Gasteiger partial charge in [0.25, 0.3) is 0 Å². The molecule has 0 saturated carbocycles. The standard InChI is InChI=1S/C8H7F3O2.C8H10OS/c9-8(10,11)7-4-6(5-13-7)2-1-3-12;1-7-5-8(6-10-7)3-2-4-9/h3-5H,1-2H2;4-6H,2-3H2,1H3. The van der Waals surface area contributed by atoms with Gasteiger partial charge < -0.3 is 14.0 Å². The van der Waals surface area contributed by atoms with Gasteiger partial charge >= 0.3 is 6.18 Å². The zero-order valence-electron chi connectivity index (χ0n) is 12.6. The molecule has 0 fully saturated rings. The second-order valence-corrected chi connectivity index (χ2v) is 5.91. The average molecular weight is 346 g/mol. The summed E-state index contributed by atoms with van der Waals surface area (Å²) in [7, 11) is 0. The minimum Gasteiger partial charge on any atom is -0.459 e. The number of carbonyl (C=O) groups excluding carboxylic acids is 2. The van der Waals surface area contributed by atoms with Crippen molar-refractivity contribution in [3.63, 3.8) is 0 Å². The van der Waals surface area contributed by atoms with E-state index in [4.69, 9.17) is 0 Å². The van der Waals surface area contributed by atoms with Gasteiger partial charge in [0.05, 0.1) is 6.26 Å². The molecular formula is C16H17F3O3S. The molecular weight excluding hydrogens is 329 g/mol. The highest BCUT2D eigenvalue weighted by molar-refractivity contribution is 7.10. The van der Waals surface area contributed by atoms with Crippen molar-refractivity contribution in [3.8, 4) is 0 Å². The number of carbonyl (C=O) groups is 2. The smallest absolute Gasteiger partial charge is 0.449 e. The lowest BCUT2D eigenvalue weighted by Crippen LogP contribution is -2.02. The highest BCUT2D eigenvalue weighted by Gasteiger charge is 2.34. The summed E-state index contributed by atoms with van der Waals surface area (Å²) >= 11 is 1.74. The minimum absolute atomic E-state index is 0.205. The highest BCUT2D eigenvalue weighted by Crippen LogP contribution is 2.30. The van der Waals surface area contributed by atoms with Gasteiger partial charge in [-0.3, -0.25) is 0 Å². The Balaban J connectivity index is 0.000000238. The molecule has 0 aliphatic heterocycles. The van der Waals surface area contributed by atoms with Gasteiger partial charge in [0.1, 0.15) is 12.6 Å². The van der Waals surface area contributed by atoms with Crippen molar-refractivity contribution in [2.45, 2.75) is 38.8 Å². The second kappa shape index (κ2) is 9.29. The lowest BCUT2D eigenvalue weighted by Gasteiger charge is -1.98. The van der Waals surface area contributed by atoms with E-state index >= 15 is 0 Å². The first-order valence-electron chi connectivity index (χ1n) is 6.92. The Morgan fingerprint density at radius 2 is 1.70 bits per heavy atom. The topological polar surface area (TPSA) is 47.3 Å². The Morgan fingerprint density at radius 1 is 1.09 bits per heavy atom.